The van der Waals surface area contributed by atoms with Crippen LogP contribution in [0.15, 0.2) is 53.3 Å². The number of likely N-dealkylation sites (N-methyl/N-ethyl adjacent to an activating group) is 1. The van der Waals surface area contributed by atoms with Crippen LogP contribution in [0.25, 0.3) is 5.76 Å². The summed E-state index contributed by atoms with van der Waals surface area (Å²) in [5.74, 6) is -6.48. The second-order valence-corrected chi connectivity index (χ2v) is 11.0. The predicted octanol–water partition coefficient (Wildman–Crippen LogP) is 2.06. The topological polar surface area (TPSA) is 161 Å². The van der Waals surface area contributed by atoms with Crippen molar-refractivity contribution in [2.75, 3.05) is 14.1 Å². The van der Waals surface area contributed by atoms with E-state index < -0.39 is 58.0 Å². The highest BCUT2D eigenvalue weighted by molar-refractivity contribution is 6.24. The lowest BCUT2D eigenvalue weighted by Gasteiger charge is -2.50. The zero-order valence-electron chi connectivity index (χ0n) is 22.1. The highest BCUT2D eigenvalue weighted by Gasteiger charge is 2.64. The first kappa shape index (κ1) is 26.6. The third-order valence-corrected chi connectivity index (χ3v) is 8.50. The Morgan fingerprint density at radius 2 is 1.72 bits per heavy atom. The Hall–Kier alpha value is -3.95. The van der Waals surface area contributed by atoms with E-state index in [9.17, 15) is 34.8 Å². The van der Waals surface area contributed by atoms with E-state index in [-0.39, 0.29) is 29.7 Å². The van der Waals surface area contributed by atoms with Crippen molar-refractivity contribution in [2.24, 2.45) is 17.6 Å². The van der Waals surface area contributed by atoms with Gasteiger partial charge in [-0.2, -0.15) is 0 Å². The summed E-state index contributed by atoms with van der Waals surface area (Å²) >= 11 is 0. The van der Waals surface area contributed by atoms with Gasteiger partial charge in [0.1, 0.15) is 22.8 Å². The van der Waals surface area contributed by atoms with Crippen LogP contribution in [0.3, 0.4) is 0 Å². The van der Waals surface area contributed by atoms with Crippen LogP contribution in [-0.2, 0) is 33.6 Å². The summed E-state index contributed by atoms with van der Waals surface area (Å²) in [6.45, 7) is 2.02. The number of amides is 1. The normalized spacial score (nSPS) is 26.4. The first-order valence-corrected chi connectivity index (χ1v) is 12.9. The SMILES string of the molecule is Cc1ccc(CCc2ccc(O)c3c2CC2CC4C(N(C)C)C(=O)C(C(N)=O)=C(O)C4(O)C(=O)C2=C3O)cc1. The molecule has 0 aliphatic heterocycles. The molecule has 2 aromatic rings. The molecule has 3 aliphatic rings. The van der Waals surface area contributed by atoms with Gasteiger partial charge in [0.2, 0.25) is 5.78 Å². The fourth-order valence-electron chi connectivity index (χ4n) is 6.58. The molecule has 0 spiro atoms. The number of aliphatic hydroxyl groups excluding tert-OH is 2. The van der Waals surface area contributed by atoms with Crippen LogP contribution >= 0.6 is 0 Å². The molecular weight excluding hydrogens is 500 g/mol. The number of phenolic OH excluding ortho intramolecular Hbond substituents is 1. The number of carbonyl (C=O) groups is 3. The van der Waals surface area contributed by atoms with Crippen LogP contribution in [0, 0.1) is 18.8 Å². The molecule has 0 aromatic heterocycles. The number of nitrogens with two attached hydrogens (primary N) is 1. The number of nitrogens with zero attached hydrogens (tertiary/aromatic N) is 1. The first-order chi connectivity index (χ1) is 18.4. The maximum atomic E-state index is 13.9. The lowest BCUT2D eigenvalue weighted by molar-refractivity contribution is -0.153. The van der Waals surface area contributed by atoms with Crippen molar-refractivity contribution >= 4 is 23.2 Å². The largest absolute Gasteiger partial charge is 0.508 e. The highest BCUT2D eigenvalue weighted by atomic mass is 16.3. The van der Waals surface area contributed by atoms with E-state index in [0.717, 1.165) is 23.1 Å². The van der Waals surface area contributed by atoms with Crippen molar-refractivity contribution in [1.82, 2.24) is 4.90 Å². The lowest BCUT2D eigenvalue weighted by Crippen LogP contribution is -2.65. The average Bonchev–Trinajstić information content (AvgIpc) is 2.86. The summed E-state index contributed by atoms with van der Waals surface area (Å²) in [7, 11) is 3.16. The molecule has 5 rings (SSSR count). The van der Waals surface area contributed by atoms with Gasteiger partial charge in [0.25, 0.3) is 5.91 Å². The van der Waals surface area contributed by atoms with Gasteiger partial charge in [-0.25, -0.2) is 0 Å². The van der Waals surface area contributed by atoms with Crippen LogP contribution in [0.5, 0.6) is 5.75 Å². The summed E-state index contributed by atoms with van der Waals surface area (Å²) in [4.78, 5) is 40.7. The van der Waals surface area contributed by atoms with Crippen LogP contribution in [0.1, 0.15) is 34.2 Å². The Bertz CT molecular complexity index is 1470. The van der Waals surface area contributed by atoms with E-state index in [1.54, 1.807) is 14.1 Å². The van der Waals surface area contributed by atoms with E-state index in [1.807, 2.05) is 25.1 Å². The van der Waals surface area contributed by atoms with Gasteiger partial charge in [-0.3, -0.25) is 19.3 Å². The van der Waals surface area contributed by atoms with Gasteiger partial charge in [-0.1, -0.05) is 35.9 Å². The molecule has 1 amide bonds. The Kier molecular flexibility index (Phi) is 6.39. The van der Waals surface area contributed by atoms with E-state index in [2.05, 4.69) is 12.1 Å². The Balaban J connectivity index is 1.61. The van der Waals surface area contributed by atoms with Gasteiger partial charge in [0, 0.05) is 11.5 Å². The van der Waals surface area contributed by atoms with Crippen molar-refractivity contribution in [1.29, 1.82) is 0 Å². The molecule has 1 saturated carbocycles. The lowest BCUT2D eigenvalue weighted by atomic mass is 9.57. The second-order valence-electron chi connectivity index (χ2n) is 11.0. The van der Waals surface area contributed by atoms with Crippen molar-refractivity contribution < 1.29 is 34.8 Å². The molecule has 3 aliphatic carbocycles. The molecule has 39 heavy (non-hydrogen) atoms. The molecule has 0 radical (unpaired) electrons. The summed E-state index contributed by atoms with van der Waals surface area (Å²) < 4.78 is 0. The van der Waals surface area contributed by atoms with E-state index >= 15 is 0 Å². The quantitative estimate of drug-likeness (QED) is 0.366. The number of hydrogen-bond donors (Lipinski definition) is 5. The summed E-state index contributed by atoms with van der Waals surface area (Å²) in [5, 5.41) is 44.7. The molecule has 4 atom stereocenters. The minimum absolute atomic E-state index is 0.0683. The zero-order valence-corrected chi connectivity index (χ0v) is 22.1. The Morgan fingerprint density at radius 3 is 2.33 bits per heavy atom. The number of aryl methyl sites for hydroxylation is 3. The number of fused-ring (bicyclic) bond motifs is 3. The zero-order chi connectivity index (χ0) is 28.4. The summed E-state index contributed by atoms with van der Waals surface area (Å²) in [5.41, 5.74) is 5.78. The van der Waals surface area contributed by atoms with Gasteiger partial charge in [0.05, 0.1) is 11.6 Å². The van der Waals surface area contributed by atoms with E-state index in [1.165, 1.54) is 11.0 Å². The summed E-state index contributed by atoms with van der Waals surface area (Å²) in [6.07, 6.45) is 1.71. The smallest absolute Gasteiger partial charge is 0.255 e. The number of hydrogen-bond acceptors (Lipinski definition) is 8. The molecule has 0 heterocycles. The van der Waals surface area contributed by atoms with E-state index in [0.29, 0.717) is 12.0 Å². The highest BCUT2D eigenvalue weighted by Crippen LogP contribution is 2.53. The number of rotatable bonds is 5. The van der Waals surface area contributed by atoms with Gasteiger partial charge < -0.3 is 26.2 Å². The van der Waals surface area contributed by atoms with E-state index in [4.69, 9.17) is 5.73 Å². The molecule has 6 N–H and O–H groups in total. The van der Waals surface area contributed by atoms with Crippen LogP contribution in [0.4, 0.5) is 0 Å². The molecule has 204 valence electrons. The number of aliphatic hydroxyl groups is 3. The molecule has 9 nitrogen and oxygen atoms in total. The molecule has 4 unspecified atom stereocenters. The molecule has 0 bridgehead atoms. The van der Waals surface area contributed by atoms with Gasteiger partial charge in [-0.15, -0.1) is 0 Å². The van der Waals surface area contributed by atoms with Crippen molar-refractivity contribution in [3.63, 3.8) is 0 Å². The van der Waals surface area contributed by atoms with Gasteiger partial charge >= 0.3 is 0 Å². The fourth-order valence-corrected chi connectivity index (χ4v) is 6.58. The molecule has 9 heteroatoms. The van der Waals surface area contributed by atoms with Crippen molar-refractivity contribution in [2.45, 2.75) is 44.2 Å². The molecule has 1 fully saturated rings. The minimum atomic E-state index is -2.64. The van der Waals surface area contributed by atoms with Crippen LogP contribution in [0.2, 0.25) is 0 Å². The number of primary amides is 1. The number of benzene rings is 2. The maximum Gasteiger partial charge on any atom is 0.255 e. The number of ketones is 2. The maximum absolute atomic E-state index is 13.9. The molecule has 2 aromatic carbocycles. The van der Waals surface area contributed by atoms with Crippen LogP contribution < -0.4 is 5.73 Å². The van der Waals surface area contributed by atoms with Gasteiger partial charge in [0.15, 0.2) is 11.4 Å². The third-order valence-electron chi connectivity index (χ3n) is 8.50. The first-order valence-electron chi connectivity index (χ1n) is 12.9. The number of Topliss-reactive ketones (excluding diaryl/α,β-unsaturated/α-hetero) is 2. The second kappa shape index (κ2) is 9.36. The monoisotopic (exact) mass is 532 g/mol. The Labute approximate surface area is 225 Å². The van der Waals surface area contributed by atoms with Gasteiger partial charge in [-0.05, 0) is 75.4 Å². The third kappa shape index (κ3) is 3.95. The summed E-state index contributed by atoms with van der Waals surface area (Å²) in [6, 6.07) is 10.4. The van der Waals surface area contributed by atoms with Crippen molar-refractivity contribution in [3.05, 3.63) is 81.1 Å². The number of aromatic hydroxyl groups is 1. The van der Waals surface area contributed by atoms with Crippen molar-refractivity contribution in [3.8, 4) is 5.75 Å². The number of carbonyl (C=O) groups excluding carboxylic acids is 3. The standard InChI is InChI=1S/C30H32N2O7/c1-14-4-6-15(7-5-14)8-9-16-10-11-20(33)22-18(16)12-17-13-19-24(32(2)3)26(35)23(29(31)38)28(37)30(19,39)27(36)21(17)25(22)34/h4-7,10-11,17,19,24,33-34,37,39H,8-9,12-13H2,1-3H3,(H2,31,38). The molecular formula is C30H32N2O7. The fraction of sp³-hybridized carbons (Fsp3) is 0.367. The average molecular weight is 533 g/mol. The minimum Gasteiger partial charge on any atom is -0.508 e. The molecule has 0 saturated heterocycles. The number of phenols is 1. The predicted molar refractivity (Wildman–Crippen MR) is 143 cm³/mol. The Morgan fingerprint density at radius 1 is 1.05 bits per heavy atom. The van der Waals surface area contributed by atoms with Crippen LogP contribution in [-0.4, -0.2) is 68.5 Å².